The minimum Gasteiger partial charge on any atom is -0.508 e. The van der Waals surface area contributed by atoms with Crippen LogP contribution in [0.1, 0.15) is 24.3 Å². The Morgan fingerprint density at radius 3 is 2.12 bits per heavy atom. The molecule has 4 amide bonds. The molecule has 17 heteroatoms. The van der Waals surface area contributed by atoms with Gasteiger partial charge in [0.05, 0.1) is 28.1 Å². The van der Waals surface area contributed by atoms with Crippen LogP contribution in [0.4, 0.5) is 34.6 Å². The summed E-state index contributed by atoms with van der Waals surface area (Å²) >= 11 is 14.4. The molecule has 3 aromatic rings. The van der Waals surface area contributed by atoms with Crippen molar-refractivity contribution in [2.75, 3.05) is 9.80 Å². The van der Waals surface area contributed by atoms with Gasteiger partial charge in [0.25, 0.3) is 17.5 Å². The molecule has 6 unspecified atom stereocenters. The van der Waals surface area contributed by atoms with Crippen molar-refractivity contribution in [3.63, 3.8) is 0 Å². The number of aromatic hydroxyl groups is 1. The number of halogens is 6. The highest BCUT2D eigenvalue weighted by Gasteiger charge is 2.77. The molecule has 6 atom stereocenters. The van der Waals surface area contributed by atoms with Gasteiger partial charge in [-0.3, -0.25) is 34.2 Å². The number of phenols is 1. The number of amides is 4. The van der Waals surface area contributed by atoms with E-state index in [-0.39, 0.29) is 34.6 Å². The van der Waals surface area contributed by atoms with E-state index in [2.05, 4.69) is 4.74 Å². The first kappa shape index (κ1) is 33.5. The second kappa shape index (κ2) is 11.3. The summed E-state index contributed by atoms with van der Waals surface area (Å²) < 4.78 is 57.8. The predicted molar refractivity (Wildman–Crippen MR) is 167 cm³/mol. The highest BCUT2D eigenvalue weighted by Crippen LogP contribution is 2.66. The van der Waals surface area contributed by atoms with Crippen molar-refractivity contribution >= 4 is 63.9 Å². The van der Waals surface area contributed by atoms with Gasteiger partial charge in [-0.2, -0.15) is 0 Å². The van der Waals surface area contributed by atoms with E-state index >= 15 is 0 Å². The maximum atomic E-state index is 14.4. The number of carbonyl (C=O) groups excluding carboxylic acids is 4. The third-order valence-corrected chi connectivity index (χ3v) is 11.2. The van der Waals surface area contributed by atoms with Crippen molar-refractivity contribution in [3.8, 4) is 11.5 Å². The molecule has 3 fully saturated rings. The Morgan fingerprint density at radius 1 is 0.880 bits per heavy atom. The summed E-state index contributed by atoms with van der Waals surface area (Å²) in [6.07, 6.45) is -4.29. The van der Waals surface area contributed by atoms with Gasteiger partial charge in [-0.25, -0.2) is 9.29 Å². The van der Waals surface area contributed by atoms with Crippen molar-refractivity contribution < 1.29 is 51.5 Å². The van der Waals surface area contributed by atoms with E-state index in [1.54, 1.807) is 0 Å². The molecular formula is C33H21Cl2F4N3O8. The molecule has 0 spiro atoms. The second-order valence-corrected chi connectivity index (χ2v) is 13.5. The summed E-state index contributed by atoms with van der Waals surface area (Å²) in [6.45, 7) is 0. The lowest BCUT2D eigenvalue weighted by Gasteiger charge is -2.50. The van der Waals surface area contributed by atoms with Crippen LogP contribution in [0.5, 0.6) is 11.5 Å². The van der Waals surface area contributed by atoms with Crippen molar-refractivity contribution in [2.45, 2.75) is 34.9 Å². The fourth-order valence-electron chi connectivity index (χ4n) is 7.68. The van der Waals surface area contributed by atoms with Gasteiger partial charge >= 0.3 is 6.36 Å². The predicted octanol–water partition coefficient (Wildman–Crippen LogP) is 6.11. The van der Waals surface area contributed by atoms with E-state index in [0.717, 1.165) is 59.5 Å². The monoisotopic (exact) mass is 733 g/mol. The molecule has 2 aliphatic carbocycles. The Labute approximate surface area is 288 Å². The van der Waals surface area contributed by atoms with Crippen LogP contribution in [-0.2, 0) is 19.2 Å². The molecule has 11 nitrogen and oxygen atoms in total. The summed E-state index contributed by atoms with van der Waals surface area (Å²) in [5, 5.41) is 22.3. The van der Waals surface area contributed by atoms with Crippen LogP contribution < -0.4 is 14.5 Å². The van der Waals surface area contributed by atoms with Gasteiger partial charge < -0.3 is 9.84 Å². The van der Waals surface area contributed by atoms with E-state index in [1.807, 2.05) is 0 Å². The number of hydrogen-bond acceptors (Lipinski definition) is 8. The number of allylic oxidation sites excluding steroid dienone is 2. The number of phenolic OH excluding ortho intramolecular Hbond substituents is 1. The van der Waals surface area contributed by atoms with Gasteiger partial charge in [0.15, 0.2) is 9.75 Å². The topological polar surface area (TPSA) is 147 Å². The highest BCUT2D eigenvalue weighted by molar-refractivity contribution is 6.58. The maximum Gasteiger partial charge on any atom is 0.573 e. The molecule has 1 N–H and O–H groups in total. The van der Waals surface area contributed by atoms with E-state index in [9.17, 15) is 52.0 Å². The summed E-state index contributed by atoms with van der Waals surface area (Å²) in [5.41, 5.74) is -0.610. The lowest BCUT2D eigenvalue weighted by molar-refractivity contribution is -0.384. The van der Waals surface area contributed by atoms with E-state index < -0.39 is 92.1 Å². The largest absolute Gasteiger partial charge is 0.573 e. The Kier molecular flexibility index (Phi) is 7.53. The third kappa shape index (κ3) is 4.77. The van der Waals surface area contributed by atoms with Crippen LogP contribution in [0.25, 0.3) is 0 Å². The highest BCUT2D eigenvalue weighted by atomic mass is 35.5. The second-order valence-electron chi connectivity index (χ2n) is 12.3. The molecule has 4 aliphatic rings. The lowest BCUT2D eigenvalue weighted by Crippen LogP contribution is -2.60. The summed E-state index contributed by atoms with van der Waals surface area (Å²) in [7, 11) is 0. The van der Waals surface area contributed by atoms with Gasteiger partial charge in [-0.15, -0.1) is 36.4 Å². The number of ether oxygens (including phenoxy) is 1. The summed E-state index contributed by atoms with van der Waals surface area (Å²) in [4.78, 5) is 63.6. The number of anilines is 2. The number of carbonyl (C=O) groups is 4. The molecule has 0 bridgehead atoms. The smallest absolute Gasteiger partial charge is 0.508 e. The Balaban J connectivity index is 1.39. The van der Waals surface area contributed by atoms with Crippen molar-refractivity contribution in [2.24, 2.45) is 17.8 Å². The summed E-state index contributed by atoms with van der Waals surface area (Å²) in [6, 6.07) is 11.4. The number of fused-ring (bicyclic) bond motifs is 4. The molecule has 1 saturated carbocycles. The number of imide groups is 2. The SMILES string of the molecule is O=C1C2CC=C3C(CC4(Cl)C(=O)N(c5ccc(F)cc5)C(=O)C4(Cl)C3c3cc(OC(F)(F)F)ccc3O)C2C(=O)N1c1ccc([N+](=O)[O-])cc1. The Hall–Kier alpha value is -5.02. The molecule has 0 aromatic heterocycles. The number of non-ortho nitro benzene ring substituents is 1. The van der Waals surface area contributed by atoms with Crippen molar-refractivity contribution in [3.05, 3.63) is 99.9 Å². The minimum atomic E-state index is -5.16. The number of alkyl halides is 5. The summed E-state index contributed by atoms with van der Waals surface area (Å²) in [5.74, 6) is -10.8. The van der Waals surface area contributed by atoms with Crippen LogP contribution in [0.2, 0.25) is 0 Å². The van der Waals surface area contributed by atoms with Gasteiger partial charge in [0.2, 0.25) is 11.8 Å². The normalized spacial score (nSPS) is 29.0. The van der Waals surface area contributed by atoms with Crippen LogP contribution >= 0.6 is 23.2 Å². The maximum absolute atomic E-state index is 14.4. The average Bonchev–Trinajstić information content (AvgIpc) is 3.39. The van der Waals surface area contributed by atoms with Crippen LogP contribution in [-0.4, -0.2) is 49.8 Å². The first-order valence-corrected chi connectivity index (χ1v) is 15.7. The number of nitro groups is 1. The van der Waals surface area contributed by atoms with Crippen LogP contribution in [0, 0.1) is 33.7 Å². The molecule has 0 radical (unpaired) electrons. The molecule has 2 saturated heterocycles. The number of benzene rings is 3. The van der Waals surface area contributed by atoms with Crippen molar-refractivity contribution in [1.29, 1.82) is 0 Å². The molecule has 2 aliphatic heterocycles. The number of rotatable bonds is 5. The molecule has 3 aromatic carbocycles. The fourth-order valence-corrected chi connectivity index (χ4v) is 8.61. The molecule has 258 valence electrons. The number of nitro benzene ring substituents is 1. The van der Waals surface area contributed by atoms with Gasteiger partial charge in [0.1, 0.15) is 17.3 Å². The zero-order chi connectivity index (χ0) is 36.1. The first-order chi connectivity index (χ1) is 23.5. The molecule has 50 heavy (non-hydrogen) atoms. The van der Waals surface area contributed by atoms with Crippen LogP contribution in [0.3, 0.4) is 0 Å². The van der Waals surface area contributed by atoms with Gasteiger partial charge in [-0.05, 0) is 73.4 Å². The van der Waals surface area contributed by atoms with Gasteiger partial charge in [-0.1, -0.05) is 11.6 Å². The van der Waals surface area contributed by atoms with E-state index in [0.29, 0.717) is 4.90 Å². The standard InChI is InChI=1S/C33H21Cl2F4N3O8/c34-31-14-23-20(10-11-21-25(23)28(45)40(27(21)44)16-5-7-18(8-6-16)42(48)49)26(22-13-19(9-12-24(22)43)50-33(37,38)39)32(31,35)30(47)41(29(31)46)17-3-1-15(36)2-4-17/h1-10,12-13,21,23,25-26,43H,11,14H2. The Bertz CT molecular complexity index is 2040. The molecule has 7 rings (SSSR count). The zero-order valence-electron chi connectivity index (χ0n) is 25.1. The lowest BCUT2D eigenvalue weighted by atomic mass is 9.56. The number of hydrogen-bond donors (Lipinski definition) is 1. The van der Waals surface area contributed by atoms with E-state index in [1.165, 1.54) is 18.2 Å². The fraction of sp³-hybridized carbons (Fsp3) is 0.273. The average molecular weight is 734 g/mol. The van der Waals surface area contributed by atoms with Crippen molar-refractivity contribution in [1.82, 2.24) is 0 Å². The van der Waals surface area contributed by atoms with Gasteiger partial charge in [0, 0.05) is 23.6 Å². The minimum absolute atomic E-state index is 0.0328. The third-order valence-electron chi connectivity index (χ3n) is 9.76. The quantitative estimate of drug-likeness (QED) is 0.0826. The first-order valence-electron chi connectivity index (χ1n) is 14.9. The molecule has 2 heterocycles. The zero-order valence-corrected chi connectivity index (χ0v) is 26.6. The molecular weight excluding hydrogens is 713 g/mol. The number of nitrogens with zero attached hydrogens (tertiary/aromatic N) is 3. The van der Waals surface area contributed by atoms with Crippen LogP contribution in [0.15, 0.2) is 78.4 Å². The Morgan fingerprint density at radius 2 is 1.50 bits per heavy atom. The van der Waals surface area contributed by atoms with E-state index in [4.69, 9.17) is 23.2 Å².